The van der Waals surface area contributed by atoms with Gasteiger partial charge in [-0.1, -0.05) is 0 Å². The van der Waals surface area contributed by atoms with Crippen LogP contribution in [0.4, 0.5) is 14.5 Å². The first-order chi connectivity index (χ1) is 8.00. The number of amides is 2. The predicted octanol–water partition coefficient (Wildman–Crippen LogP) is 2.77. The van der Waals surface area contributed by atoms with Gasteiger partial charge in [-0.05, 0) is 28.4 Å². The molecule has 0 atom stereocenters. The van der Waals surface area contributed by atoms with E-state index in [1.165, 1.54) is 0 Å². The molecule has 17 heavy (non-hydrogen) atoms. The van der Waals surface area contributed by atoms with E-state index in [4.69, 9.17) is 0 Å². The van der Waals surface area contributed by atoms with Crippen LogP contribution in [0.2, 0.25) is 0 Å². The molecule has 1 fully saturated rings. The monoisotopic (exact) mass is 303 g/mol. The van der Waals surface area contributed by atoms with Gasteiger partial charge in [-0.25, -0.2) is 13.7 Å². The van der Waals surface area contributed by atoms with Gasteiger partial charge in [-0.3, -0.25) is 9.59 Å². The van der Waals surface area contributed by atoms with E-state index in [1.807, 2.05) is 0 Å². The number of rotatable bonds is 1. The van der Waals surface area contributed by atoms with E-state index in [2.05, 4.69) is 15.9 Å². The van der Waals surface area contributed by atoms with Gasteiger partial charge >= 0.3 is 0 Å². The van der Waals surface area contributed by atoms with Gasteiger partial charge in [0.15, 0.2) is 0 Å². The Bertz CT molecular complexity index is 488. The van der Waals surface area contributed by atoms with Crippen LogP contribution in [0.15, 0.2) is 16.6 Å². The number of carbonyl (C=O) groups excluding carboxylic acids is 2. The van der Waals surface area contributed by atoms with Gasteiger partial charge in [-0.15, -0.1) is 0 Å². The average Bonchev–Trinajstić information content (AvgIpc) is 2.25. The van der Waals surface area contributed by atoms with E-state index in [-0.39, 0.29) is 23.0 Å². The maximum atomic E-state index is 13.6. The summed E-state index contributed by atoms with van der Waals surface area (Å²) >= 11 is 2.83. The standard InChI is InChI=1S/C11H8BrF2NO2/c12-6-4-8(14)9(5-7(6)13)15-10(16)2-1-3-11(15)17/h4-5H,1-3H2. The van der Waals surface area contributed by atoms with Crippen molar-refractivity contribution in [1.82, 2.24) is 0 Å². The van der Waals surface area contributed by atoms with Crippen LogP contribution in [0.1, 0.15) is 19.3 Å². The maximum Gasteiger partial charge on any atom is 0.233 e. The molecule has 1 aromatic carbocycles. The molecule has 0 aromatic heterocycles. The Kier molecular flexibility index (Phi) is 3.24. The summed E-state index contributed by atoms with van der Waals surface area (Å²) in [4.78, 5) is 23.8. The van der Waals surface area contributed by atoms with Gasteiger partial charge < -0.3 is 0 Å². The molecule has 0 radical (unpaired) electrons. The third-order valence-corrected chi connectivity index (χ3v) is 3.12. The molecule has 0 bridgehead atoms. The first-order valence-electron chi connectivity index (χ1n) is 5.01. The number of nitrogens with zero attached hydrogens (tertiary/aromatic N) is 1. The van der Waals surface area contributed by atoms with Gasteiger partial charge in [0.05, 0.1) is 10.2 Å². The van der Waals surface area contributed by atoms with Crippen LogP contribution in [-0.4, -0.2) is 11.8 Å². The maximum absolute atomic E-state index is 13.6. The van der Waals surface area contributed by atoms with Crippen LogP contribution in [0.5, 0.6) is 0 Å². The van der Waals surface area contributed by atoms with Crippen LogP contribution in [0.3, 0.4) is 0 Å². The highest BCUT2D eigenvalue weighted by molar-refractivity contribution is 9.10. The number of halogens is 3. The van der Waals surface area contributed by atoms with Crippen LogP contribution in [-0.2, 0) is 9.59 Å². The second-order valence-corrected chi connectivity index (χ2v) is 4.55. The number of hydrogen-bond acceptors (Lipinski definition) is 2. The normalized spacial score (nSPS) is 16.5. The molecular weight excluding hydrogens is 296 g/mol. The molecule has 6 heteroatoms. The largest absolute Gasteiger partial charge is 0.274 e. The van der Waals surface area contributed by atoms with Crippen LogP contribution in [0, 0.1) is 11.6 Å². The molecule has 0 saturated carbocycles. The van der Waals surface area contributed by atoms with Gasteiger partial charge in [0.1, 0.15) is 11.6 Å². The van der Waals surface area contributed by atoms with Crippen LogP contribution in [0.25, 0.3) is 0 Å². The Morgan fingerprint density at radius 2 is 1.65 bits per heavy atom. The molecule has 2 rings (SSSR count). The Morgan fingerprint density at radius 1 is 1.06 bits per heavy atom. The highest BCUT2D eigenvalue weighted by Gasteiger charge is 2.30. The topological polar surface area (TPSA) is 37.4 Å². The summed E-state index contributed by atoms with van der Waals surface area (Å²) in [6.45, 7) is 0. The first kappa shape index (κ1) is 12.2. The molecule has 0 N–H and O–H groups in total. The molecule has 2 amide bonds. The summed E-state index contributed by atoms with van der Waals surface area (Å²) in [5.74, 6) is -2.52. The smallest absolute Gasteiger partial charge is 0.233 e. The van der Waals surface area contributed by atoms with E-state index in [0.29, 0.717) is 11.3 Å². The Balaban J connectivity index is 2.48. The summed E-state index contributed by atoms with van der Waals surface area (Å²) in [5, 5.41) is 0. The summed E-state index contributed by atoms with van der Waals surface area (Å²) < 4.78 is 26.9. The van der Waals surface area contributed by atoms with Gasteiger partial charge in [-0.2, -0.15) is 0 Å². The van der Waals surface area contributed by atoms with Crippen LogP contribution >= 0.6 is 15.9 Å². The highest BCUT2D eigenvalue weighted by atomic mass is 79.9. The van der Waals surface area contributed by atoms with E-state index in [1.54, 1.807) is 0 Å². The van der Waals surface area contributed by atoms with Gasteiger partial charge in [0.2, 0.25) is 11.8 Å². The summed E-state index contributed by atoms with van der Waals surface area (Å²) in [7, 11) is 0. The zero-order valence-corrected chi connectivity index (χ0v) is 10.3. The second kappa shape index (κ2) is 4.52. The fourth-order valence-corrected chi connectivity index (χ4v) is 2.02. The van der Waals surface area contributed by atoms with Crippen molar-refractivity contribution in [3.05, 3.63) is 28.2 Å². The van der Waals surface area contributed by atoms with Crippen molar-refractivity contribution < 1.29 is 18.4 Å². The summed E-state index contributed by atoms with van der Waals surface area (Å²) in [6, 6.07) is 1.75. The lowest BCUT2D eigenvalue weighted by Gasteiger charge is -2.25. The second-order valence-electron chi connectivity index (χ2n) is 3.69. The number of piperidine rings is 1. The molecule has 1 aliphatic heterocycles. The Labute approximate surface area is 105 Å². The number of imide groups is 1. The van der Waals surface area contributed by atoms with Crippen molar-refractivity contribution in [2.24, 2.45) is 0 Å². The molecule has 1 saturated heterocycles. The van der Waals surface area contributed by atoms with E-state index in [9.17, 15) is 18.4 Å². The van der Waals surface area contributed by atoms with Crippen LogP contribution < -0.4 is 4.90 Å². The van der Waals surface area contributed by atoms with E-state index < -0.39 is 23.4 Å². The molecule has 3 nitrogen and oxygen atoms in total. The first-order valence-corrected chi connectivity index (χ1v) is 5.80. The lowest BCUT2D eigenvalue weighted by Crippen LogP contribution is -2.40. The predicted molar refractivity (Wildman–Crippen MR) is 60.4 cm³/mol. The van der Waals surface area contributed by atoms with E-state index in [0.717, 1.165) is 12.1 Å². The SMILES string of the molecule is O=C1CCCC(=O)N1c1cc(F)c(Br)cc1F. The van der Waals surface area contributed by atoms with Crippen molar-refractivity contribution >= 4 is 33.4 Å². The molecule has 90 valence electrons. The third kappa shape index (κ3) is 2.22. The Hall–Kier alpha value is -1.30. The van der Waals surface area contributed by atoms with Crippen molar-refractivity contribution in [3.8, 4) is 0 Å². The Morgan fingerprint density at radius 3 is 2.24 bits per heavy atom. The fourth-order valence-electron chi connectivity index (χ4n) is 1.71. The van der Waals surface area contributed by atoms with Gasteiger partial charge in [0, 0.05) is 18.9 Å². The lowest BCUT2D eigenvalue weighted by atomic mass is 10.1. The van der Waals surface area contributed by atoms with Crippen molar-refractivity contribution in [2.45, 2.75) is 19.3 Å². The average molecular weight is 304 g/mol. The molecule has 0 unspecified atom stereocenters. The fraction of sp³-hybridized carbons (Fsp3) is 0.273. The molecule has 0 aliphatic carbocycles. The number of benzene rings is 1. The van der Waals surface area contributed by atoms with Crippen molar-refractivity contribution in [1.29, 1.82) is 0 Å². The molecule has 1 heterocycles. The van der Waals surface area contributed by atoms with Crippen molar-refractivity contribution in [2.75, 3.05) is 4.90 Å². The number of carbonyl (C=O) groups is 2. The minimum atomic E-state index is -0.804. The highest BCUT2D eigenvalue weighted by Crippen LogP contribution is 2.29. The lowest BCUT2D eigenvalue weighted by molar-refractivity contribution is -0.129. The summed E-state index contributed by atoms with van der Waals surface area (Å²) in [5.41, 5.74) is -0.319. The number of anilines is 1. The quantitative estimate of drug-likeness (QED) is 0.591. The van der Waals surface area contributed by atoms with Gasteiger partial charge in [0.25, 0.3) is 0 Å². The minimum Gasteiger partial charge on any atom is -0.274 e. The summed E-state index contributed by atoms with van der Waals surface area (Å²) in [6.07, 6.45) is 0.792. The molecule has 0 spiro atoms. The third-order valence-electron chi connectivity index (χ3n) is 2.51. The molecule has 1 aliphatic rings. The minimum absolute atomic E-state index is 0.0457. The zero-order chi connectivity index (χ0) is 12.6. The molecular formula is C11H8BrF2NO2. The zero-order valence-electron chi connectivity index (χ0n) is 8.67. The number of hydrogen-bond donors (Lipinski definition) is 0. The van der Waals surface area contributed by atoms with Crippen molar-refractivity contribution in [3.63, 3.8) is 0 Å². The molecule has 1 aromatic rings. The van der Waals surface area contributed by atoms with E-state index >= 15 is 0 Å².